The Labute approximate surface area is 102 Å². The zero-order valence-electron chi connectivity index (χ0n) is 9.38. The van der Waals surface area contributed by atoms with Crippen molar-refractivity contribution >= 4 is 5.69 Å². The van der Waals surface area contributed by atoms with Crippen LogP contribution in [-0.4, -0.2) is 11.5 Å². The molecule has 0 aliphatic heterocycles. The highest BCUT2D eigenvalue weighted by atomic mass is 19.1. The first-order chi connectivity index (χ1) is 8.65. The fourth-order valence-corrected chi connectivity index (χ4v) is 1.59. The van der Waals surface area contributed by atoms with Crippen LogP contribution in [0.3, 0.4) is 0 Å². The first-order valence-corrected chi connectivity index (χ1v) is 5.32. The number of nitrogens with one attached hydrogen (secondary N) is 1. The van der Waals surface area contributed by atoms with Crippen molar-refractivity contribution in [2.24, 2.45) is 0 Å². The molecule has 0 bridgehead atoms. The summed E-state index contributed by atoms with van der Waals surface area (Å²) in [7, 11) is 0. The summed E-state index contributed by atoms with van der Waals surface area (Å²) in [5.74, 6) is 0.111. The van der Waals surface area contributed by atoms with Crippen LogP contribution in [0.15, 0.2) is 47.1 Å². The van der Waals surface area contributed by atoms with Crippen LogP contribution in [0, 0.1) is 15.9 Å². The summed E-state index contributed by atoms with van der Waals surface area (Å²) in [6.07, 6.45) is 1.45. The highest BCUT2D eigenvalue weighted by Gasteiger charge is 2.20. The van der Waals surface area contributed by atoms with Crippen molar-refractivity contribution < 1.29 is 13.7 Å². The van der Waals surface area contributed by atoms with E-state index in [1.54, 1.807) is 12.1 Å². The molecule has 0 amide bonds. The van der Waals surface area contributed by atoms with E-state index in [4.69, 9.17) is 4.42 Å². The molecule has 6 heteroatoms. The number of nitrogens with zero attached hydrogens (tertiary/aromatic N) is 1. The molecule has 1 N–H and O–H groups in total. The quantitative estimate of drug-likeness (QED) is 0.654. The number of benzene rings is 1. The molecule has 0 radical (unpaired) electrons. The lowest BCUT2D eigenvalue weighted by Gasteiger charge is -2.13. The van der Waals surface area contributed by atoms with Gasteiger partial charge in [-0.3, -0.25) is 10.1 Å². The molecule has 2 aromatic rings. The Kier molecular flexibility index (Phi) is 3.57. The predicted molar refractivity (Wildman–Crippen MR) is 63.3 cm³/mol. The molecule has 5 nitrogen and oxygen atoms in total. The van der Waals surface area contributed by atoms with Crippen LogP contribution < -0.4 is 5.32 Å². The monoisotopic (exact) mass is 250 g/mol. The number of nitro groups is 1. The minimum Gasteiger partial charge on any atom is -0.467 e. The maximum absolute atomic E-state index is 12.8. The van der Waals surface area contributed by atoms with E-state index in [0.29, 0.717) is 11.4 Å². The van der Waals surface area contributed by atoms with E-state index in [9.17, 15) is 14.5 Å². The largest absolute Gasteiger partial charge is 0.467 e. The molecule has 94 valence electrons. The van der Waals surface area contributed by atoms with Gasteiger partial charge in [0.05, 0.1) is 6.26 Å². The van der Waals surface area contributed by atoms with Crippen molar-refractivity contribution in [1.29, 1.82) is 0 Å². The van der Waals surface area contributed by atoms with E-state index in [2.05, 4.69) is 5.32 Å². The summed E-state index contributed by atoms with van der Waals surface area (Å²) in [6.45, 7) is -0.315. The Morgan fingerprint density at radius 3 is 2.61 bits per heavy atom. The van der Waals surface area contributed by atoms with Gasteiger partial charge in [-0.05, 0) is 36.4 Å². The van der Waals surface area contributed by atoms with E-state index >= 15 is 0 Å². The number of rotatable bonds is 5. The summed E-state index contributed by atoms with van der Waals surface area (Å²) < 4.78 is 17.9. The fraction of sp³-hybridized carbons (Fsp3) is 0.167. The van der Waals surface area contributed by atoms with Crippen molar-refractivity contribution in [3.8, 4) is 0 Å². The molecule has 0 fully saturated rings. The third kappa shape index (κ3) is 3.07. The SMILES string of the molecule is O=[N+]([O-])CC(Nc1ccc(F)cc1)c1ccco1. The van der Waals surface area contributed by atoms with Crippen LogP contribution in [0.1, 0.15) is 11.8 Å². The van der Waals surface area contributed by atoms with Crippen LogP contribution in [0.4, 0.5) is 10.1 Å². The van der Waals surface area contributed by atoms with Crippen LogP contribution in [0.25, 0.3) is 0 Å². The maximum Gasteiger partial charge on any atom is 0.231 e. The van der Waals surface area contributed by atoms with Crippen molar-refractivity contribution in [3.05, 3.63) is 64.4 Å². The van der Waals surface area contributed by atoms with E-state index < -0.39 is 11.0 Å². The topological polar surface area (TPSA) is 68.3 Å². The standard InChI is InChI=1S/C12H11FN2O3/c13-9-3-5-10(6-4-9)14-11(8-15(16)17)12-2-1-7-18-12/h1-7,11,14H,8H2. The molecule has 0 aliphatic rings. The lowest BCUT2D eigenvalue weighted by molar-refractivity contribution is -0.482. The summed E-state index contributed by atoms with van der Waals surface area (Å²) in [5.41, 5.74) is 0.597. The summed E-state index contributed by atoms with van der Waals surface area (Å²) in [6, 6.07) is 8.34. The summed E-state index contributed by atoms with van der Waals surface area (Å²) in [5, 5.41) is 13.6. The summed E-state index contributed by atoms with van der Waals surface area (Å²) in [4.78, 5) is 10.2. The molecule has 2 rings (SSSR count). The van der Waals surface area contributed by atoms with Crippen molar-refractivity contribution in [3.63, 3.8) is 0 Å². The molecule has 0 saturated carbocycles. The average Bonchev–Trinajstić information content (AvgIpc) is 2.84. The normalized spacial score (nSPS) is 12.1. The van der Waals surface area contributed by atoms with Crippen LogP contribution >= 0.6 is 0 Å². The molecule has 18 heavy (non-hydrogen) atoms. The third-order valence-corrected chi connectivity index (χ3v) is 2.40. The lowest BCUT2D eigenvalue weighted by Crippen LogP contribution is -2.19. The Hall–Kier alpha value is -2.37. The fourth-order valence-electron chi connectivity index (χ4n) is 1.59. The number of halogens is 1. The van der Waals surface area contributed by atoms with Gasteiger partial charge < -0.3 is 9.73 Å². The second-order valence-corrected chi connectivity index (χ2v) is 3.73. The van der Waals surface area contributed by atoms with Gasteiger partial charge in [-0.2, -0.15) is 0 Å². The van der Waals surface area contributed by atoms with Crippen molar-refractivity contribution in [1.82, 2.24) is 0 Å². The molecule has 0 spiro atoms. The van der Waals surface area contributed by atoms with Crippen molar-refractivity contribution in [2.75, 3.05) is 11.9 Å². The lowest BCUT2D eigenvalue weighted by atomic mass is 10.2. The van der Waals surface area contributed by atoms with Gasteiger partial charge in [0.25, 0.3) is 0 Å². The minimum atomic E-state index is -0.583. The molecule has 1 aromatic carbocycles. The molecule has 1 unspecified atom stereocenters. The van der Waals surface area contributed by atoms with Gasteiger partial charge >= 0.3 is 0 Å². The van der Waals surface area contributed by atoms with Crippen LogP contribution in [0.2, 0.25) is 0 Å². The molecule has 0 aliphatic carbocycles. The zero-order chi connectivity index (χ0) is 13.0. The number of hydrogen-bond acceptors (Lipinski definition) is 4. The first kappa shape index (κ1) is 12.1. The maximum atomic E-state index is 12.8. The minimum absolute atomic E-state index is 0.315. The van der Waals surface area contributed by atoms with Gasteiger partial charge in [-0.1, -0.05) is 0 Å². The van der Waals surface area contributed by atoms with Gasteiger partial charge in [0, 0.05) is 10.6 Å². The van der Waals surface area contributed by atoms with Crippen LogP contribution in [0.5, 0.6) is 0 Å². The highest BCUT2D eigenvalue weighted by molar-refractivity contribution is 5.44. The Morgan fingerprint density at radius 1 is 1.33 bits per heavy atom. The molecule has 0 saturated heterocycles. The van der Waals surface area contributed by atoms with Gasteiger partial charge in [0.2, 0.25) is 6.54 Å². The molecular formula is C12H11FN2O3. The zero-order valence-corrected chi connectivity index (χ0v) is 9.38. The number of furan rings is 1. The van der Waals surface area contributed by atoms with Gasteiger partial charge in [0.15, 0.2) is 0 Å². The first-order valence-electron chi connectivity index (χ1n) is 5.32. The van der Waals surface area contributed by atoms with Crippen molar-refractivity contribution in [2.45, 2.75) is 6.04 Å². The summed E-state index contributed by atoms with van der Waals surface area (Å²) >= 11 is 0. The van der Waals surface area contributed by atoms with Crippen LogP contribution in [-0.2, 0) is 0 Å². The van der Waals surface area contributed by atoms with E-state index in [-0.39, 0.29) is 12.4 Å². The average molecular weight is 250 g/mol. The number of hydrogen-bond donors (Lipinski definition) is 1. The van der Waals surface area contributed by atoms with E-state index in [1.807, 2.05) is 0 Å². The number of anilines is 1. The molecular weight excluding hydrogens is 239 g/mol. The molecule has 1 atom stereocenters. The van der Waals surface area contributed by atoms with E-state index in [0.717, 1.165) is 0 Å². The predicted octanol–water partition coefficient (Wildman–Crippen LogP) is 2.85. The Balaban J connectivity index is 2.15. The smallest absolute Gasteiger partial charge is 0.231 e. The van der Waals surface area contributed by atoms with E-state index in [1.165, 1.54) is 30.5 Å². The second-order valence-electron chi connectivity index (χ2n) is 3.73. The van der Waals surface area contributed by atoms with Gasteiger partial charge in [-0.15, -0.1) is 0 Å². The van der Waals surface area contributed by atoms with Gasteiger partial charge in [0.1, 0.15) is 17.6 Å². The Morgan fingerprint density at radius 2 is 2.06 bits per heavy atom. The molecule has 1 aromatic heterocycles. The Bertz CT molecular complexity index is 511. The third-order valence-electron chi connectivity index (χ3n) is 2.40. The van der Waals surface area contributed by atoms with Gasteiger partial charge in [-0.25, -0.2) is 4.39 Å². The highest BCUT2D eigenvalue weighted by Crippen LogP contribution is 2.20. The molecule has 1 heterocycles. The second kappa shape index (κ2) is 5.31.